The van der Waals surface area contributed by atoms with E-state index in [4.69, 9.17) is 0 Å². The summed E-state index contributed by atoms with van der Waals surface area (Å²) in [5.74, 6) is -1.32. The summed E-state index contributed by atoms with van der Waals surface area (Å²) in [6.45, 7) is 0.809. The van der Waals surface area contributed by atoms with E-state index in [1.54, 1.807) is 4.90 Å². The number of benzene rings is 2. The summed E-state index contributed by atoms with van der Waals surface area (Å²) < 4.78 is 39.5. The maximum absolute atomic E-state index is 12.9. The molecule has 0 aliphatic heterocycles. The van der Waals surface area contributed by atoms with Crippen LogP contribution in [0.5, 0.6) is 0 Å². The van der Waals surface area contributed by atoms with Gasteiger partial charge in [0.2, 0.25) is 11.7 Å². The molecule has 1 amide bonds. The molecule has 2 aromatic carbocycles. The number of amides is 1. The van der Waals surface area contributed by atoms with Crippen molar-refractivity contribution < 1.29 is 18.0 Å². The lowest BCUT2D eigenvalue weighted by Crippen LogP contribution is -2.31. The molecule has 0 aliphatic rings. The molecule has 152 valence electrons. The topological polar surface area (TPSA) is 51.0 Å². The van der Waals surface area contributed by atoms with Gasteiger partial charge in [-0.05, 0) is 11.1 Å². The minimum Gasteiger partial charge on any atom is -0.333 e. The van der Waals surface area contributed by atoms with Crippen LogP contribution >= 0.6 is 11.8 Å². The van der Waals surface area contributed by atoms with Gasteiger partial charge in [-0.1, -0.05) is 72.4 Å². The predicted octanol–water partition coefficient (Wildman–Crippen LogP) is 4.16. The molecule has 0 fully saturated rings. The fourth-order valence-electron chi connectivity index (χ4n) is 2.74. The standard InChI is InChI=1S/C20H19F3N4OS/c1-26-18(20(21,22)23)24-25-19(26)29-14-17(28)27(12-15-8-4-2-5-9-15)13-16-10-6-3-7-11-16/h2-11H,12-14H2,1H3. The summed E-state index contributed by atoms with van der Waals surface area (Å²) in [5, 5.41) is 6.80. The Balaban J connectivity index is 1.71. The van der Waals surface area contributed by atoms with Gasteiger partial charge in [0.25, 0.3) is 0 Å². The number of carbonyl (C=O) groups is 1. The van der Waals surface area contributed by atoms with Crippen LogP contribution in [0.4, 0.5) is 13.2 Å². The Morgan fingerprint density at radius 3 is 1.93 bits per heavy atom. The Labute approximate surface area is 170 Å². The number of halogens is 3. The molecular weight excluding hydrogens is 401 g/mol. The van der Waals surface area contributed by atoms with Crippen molar-refractivity contribution in [1.29, 1.82) is 0 Å². The molecule has 5 nitrogen and oxygen atoms in total. The molecule has 1 aromatic heterocycles. The van der Waals surface area contributed by atoms with E-state index >= 15 is 0 Å². The highest BCUT2D eigenvalue weighted by atomic mass is 32.2. The van der Waals surface area contributed by atoms with Crippen molar-refractivity contribution >= 4 is 17.7 Å². The quantitative estimate of drug-likeness (QED) is 0.539. The number of thioether (sulfide) groups is 1. The van der Waals surface area contributed by atoms with Crippen molar-refractivity contribution in [1.82, 2.24) is 19.7 Å². The van der Waals surface area contributed by atoms with E-state index in [1.165, 1.54) is 7.05 Å². The lowest BCUT2D eigenvalue weighted by atomic mass is 10.1. The Bertz CT molecular complexity index is 904. The monoisotopic (exact) mass is 420 g/mol. The molecule has 0 spiro atoms. The maximum atomic E-state index is 12.9. The van der Waals surface area contributed by atoms with Crippen molar-refractivity contribution in [2.45, 2.75) is 24.4 Å². The first kappa shape index (κ1) is 20.9. The smallest absolute Gasteiger partial charge is 0.333 e. The summed E-state index contributed by atoms with van der Waals surface area (Å²) in [7, 11) is 1.24. The largest absolute Gasteiger partial charge is 0.451 e. The van der Waals surface area contributed by atoms with Crippen LogP contribution in [0.1, 0.15) is 17.0 Å². The number of hydrogen-bond donors (Lipinski definition) is 0. The number of alkyl halides is 3. The lowest BCUT2D eigenvalue weighted by molar-refractivity contribution is -0.147. The third kappa shape index (κ3) is 5.60. The van der Waals surface area contributed by atoms with Gasteiger partial charge < -0.3 is 9.47 Å². The second-order valence-corrected chi connectivity index (χ2v) is 7.32. The Hall–Kier alpha value is -2.81. The molecule has 3 rings (SSSR count). The highest BCUT2D eigenvalue weighted by Gasteiger charge is 2.37. The van der Waals surface area contributed by atoms with Gasteiger partial charge in [-0.2, -0.15) is 13.2 Å². The summed E-state index contributed by atoms with van der Waals surface area (Å²) in [5.41, 5.74) is 1.94. The van der Waals surface area contributed by atoms with E-state index in [0.717, 1.165) is 27.5 Å². The Kier molecular flexibility index (Phi) is 6.58. The van der Waals surface area contributed by atoms with E-state index in [9.17, 15) is 18.0 Å². The number of rotatable bonds is 7. The van der Waals surface area contributed by atoms with Gasteiger partial charge in [0, 0.05) is 20.1 Å². The van der Waals surface area contributed by atoms with Gasteiger partial charge in [0.1, 0.15) is 0 Å². The van der Waals surface area contributed by atoms with Crippen LogP contribution in [0.25, 0.3) is 0 Å². The van der Waals surface area contributed by atoms with E-state index < -0.39 is 12.0 Å². The van der Waals surface area contributed by atoms with Crippen LogP contribution in [0.15, 0.2) is 65.8 Å². The first-order chi connectivity index (χ1) is 13.8. The van der Waals surface area contributed by atoms with Gasteiger partial charge in [-0.25, -0.2) is 0 Å². The first-order valence-corrected chi connectivity index (χ1v) is 9.78. The van der Waals surface area contributed by atoms with Gasteiger partial charge in [-0.3, -0.25) is 4.79 Å². The molecule has 0 radical (unpaired) electrons. The molecule has 0 saturated carbocycles. The SMILES string of the molecule is Cn1c(SCC(=O)N(Cc2ccccc2)Cc2ccccc2)nnc1C(F)(F)F. The zero-order valence-corrected chi connectivity index (χ0v) is 16.5. The molecule has 0 bridgehead atoms. The van der Waals surface area contributed by atoms with Crippen molar-refractivity contribution in [3.63, 3.8) is 0 Å². The molecule has 1 heterocycles. The normalized spacial score (nSPS) is 11.4. The van der Waals surface area contributed by atoms with Crippen LogP contribution < -0.4 is 0 Å². The maximum Gasteiger partial charge on any atom is 0.451 e. The van der Waals surface area contributed by atoms with Crippen molar-refractivity contribution in [3.05, 3.63) is 77.6 Å². The van der Waals surface area contributed by atoms with Crippen LogP contribution in [-0.2, 0) is 31.1 Å². The van der Waals surface area contributed by atoms with E-state index in [-0.39, 0.29) is 16.8 Å². The summed E-state index contributed by atoms with van der Waals surface area (Å²) in [4.78, 5) is 14.5. The second kappa shape index (κ2) is 9.13. The number of carbonyl (C=O) groups excluding carboxylic acids is 1. The third-order valence-corrected chi connectivity index (χ3v) is 5.20. The van der Waals surface area contributed by atoms with Crippen molar-refractivity contribution in [3.8, 4) is 0 Å². The molecule has 0 N–H and O–H groups in total. The Morgan fingerprint density at radius 1 is 0.966 bits per heavy atom. The minimum atomic E-state index is -4.59. The molecule has 29 heavy (non-hydrogen) atoms. The van der Waals surface area contributed by atoms with Gasteiger partial charge in [0.15, 0.2) is 5.16 Å². The fourth-order valence-corrected chi connectivity index (χ4v) is 3.56. The number of aromatic nitrogens is 3. The molecule has 0 aliphatic carbocycles. The van der Waals surface area contributed by atoms with Crippen molar-refractivity contribution in [2.75, 3.05) is 5.75 Å². The second-order valence-electron chi connectivity index (χ2n) is 6.37. The molecule has 0 atom stereocenters. The molecular formula is C20H19F3N4OS. The average Bonchev–Trinajstić information content (AvgIpc) is 3.08. The van der Waals surface area contributed by atoms with E-state index in [0.29, 0.717) is 13.1 Å². The zero-order chi connectivity index (χ0) is 20.9. The molecule has 0 saturated heterocycles. The van der Waals surface area contributed by atoms with Crippen LogP contribution in [0.3, 0.4) is 0 Å². The Morgan fingerprint density at radius 2 is 1.48 bits per heavy atom. The lowest BCUT2D eigenvalue weighted by Gasteiger charge is -2.23. The van der Waals surface area contributed by atoms with Crippen LogP contribution in [0, 0.1) is 0 Å². The van der Waals surface area contributed by atoms with E-state index in [2.05, 4.69) is 10.2 Å². The van der Waals surface area contributed by atoms with Gasteiger partial charge in [-0.15, -0.1) is 10.2 Å². The molecule has 9 heteroatoms. The third-order valence-electron chi connectivity index (χ3n) is 4.20. The predicted molar refractivity (Wildman–Crippen MR) is 104 cm³/mol. The highest BCUT2D eigenvalue weighted by Crippen LogP contribution is 2.29. The zero-order valence-electron chi connectivity index (χ0n) is 15.6. The fraction of sp³-hybridized carbons (Fsp3) is 0.250. The van der Waals surface area contributed by atoms with Crippen molar-refractivity contribution in [2.24, 2.45) is 7.05 Å². The molecule has 3 aromatic rings. The number of nitrogens with zero attached hydrogens (tertiary/aromatic N) is 4. The van der Waals surface area contributed by atoms with Crippen LogP contribution in [0.2, 0.25) is 0 Å². The average molecular weight is 420 g/mol. The highest BCUT2D eigenvalue weighted by molar-refractivity contribution is 7.99. The number of hydrogen-bond acceptors (Lipinski definition) is 4. The minimum absolute atomic E-state index is 0.0382. The van der Waals surface area contributed by atoms with Crippen LogP contribution in [-0.4, -0.2) is 31.3 Å². The van der Waals surface area contributed by atoms with Gasteiger partial charge in [0.05, 0.1) is 5.75 Å². The van der Waals surface area contributed by atoms with E-state index in [1.807, 2.05) is 60.7 Å². The summed E-state index contributed by atoms with van der Waals surface area (Å²) in [6.07, 6.45) is -4.59. The summed E-state index contributed by atoms with van der Waals surface area (Å²) in [6, 6.07) is 19.1. The van der Waals surface area contributed by atoms with Gasteiger partial charge >= 0.3 is 6.18 Å². The summed E-state index contributed by atoms with van der Waals surface area (Å²) >= 11 is 0.940. The molecule has 0 unspecified atom stereocenters. The first-order valence-electron chi connectivity index (χ1n) is 8.79.